The molecule has 0 radical (unpaired) electrons. The monoisotopic (exact) mass is 391 g/mol. The Balaban J connectivity index is 1.88. The maximum absolute atomic E-state index is 14.7. The van der Waals surface area contributed by atoms with E-state index in [1.165, 1.54) is 12.1 Å². The number of halogens is 2. The van der Waals surface area contributed by atoms with Crippen molar-refractivity contribution in [2.45, 2.75) is 51.7 Å². The van der Waals surface area contributed by atoms with Crippen LogP contribution in [0.5, 0.6) is 0 Å². The number of esters is 1. The Morgan fingerprint density at radius 3 is 2.68 bits per heavy atom. The molecule has 0 saturated carbocycles. The summed E-state index contributed by atoms with van der Waals surface area (Å²) in [6, 6.07) is 8.05. The molecular formula is C20H23F2N3O3. The molecule has 150 valence electrons. The lowest BCUT2D eigenvalue weighted by Crippen LogP contribution is -2.36. The zero-order chi connectivity index (χ0) is 20.5. The van der Waals surface area contributed by atoms with Gasteiger partial charge in [-0.2, -0.15) is 5.10 Å². The molecule has 1 aliphatic carbocycles. The number of hydrogen-bond acceptors (Lipinski definition) is 4. The number of nitrogens with two attached hydrogens (primary N) is 1. The Labute approximate surface area is 161 Å². The highest BCUT2D eigenvalue weighted by molar-refractivity contribution is 5.89. The molecule has 1 unspecified atom stereocenters. The highest BCUT2D eigenvalue weighted by Crippen LogP contribution is 2.45. The molecule has 1 aromatic carbocycles. The third-order valence-corrected chi connectivity index (χ3v) is 5.12. The van der Waals surface area contributed by atoms with Gasteiger partial charge in [0.2, 0.25) is 5.91 Å². The van der Waals surface area contributed by atoms with Gasteiger partial charge in [0.05, 0.1) is 11.3 Å². The Morgan fingerprint density at radius 2 is 2.04 bits per heavy atom. The van der Waals surface area contributed by atoms with Crippen LogP contribution in [0.3, 0.4) is 0 Å². The molecule has 0 aliphatic heterocycles. The molecule has 6 nitrogen and oxygen atoms in total. The van der Waals surface area contributed by atoms with Crippen LogP contribution in [-0.2, 0) is 22.5 Å². The Bertz CT molecular complexity index is 880. The summed E-state index contributed by atoms with van der Waals surface area (Å²) >= 11 is 0. The van der Waals surface area contributed by atoms with E-state index < -0.39 is 30.3 Å². The quantitative estimate of drug-likeness (QED) is 0.766. The first-order chi connectivity index (χ1) is 13.2. The molecule has 1 heterocycles. The van der Waals surface area contributed by atoms with Crippen LogP contribution < -0.4 is 5.73 Å². The third kappa shape index (κ3) is 3.90. The van der Waals surface area contributed by atoms with E-state index in [0.29, 0.717) is 24.4 Å². The van der Waals surface area contributed by atoms with Gasteiger partial charge < -0.3 is 10.5 Å². The summed E-state index contributed by atoms with van der Waals surface area (Å²) in [5.74, 6) is -4.75. The number of rotatable bonds is 6. The van der Waals surface area contributed by atoms with E-state index in [2.05, 4.69) is 5.10 Å². The second-order valence-electron chi connectivity index (χ2n) is 7.17. The number of fused-ring (bicyclic) bond motifs is 1. The zero-order valence-corrected chi connectivity index (χ0v) is 15.8. The van der Waals surface area contributed by atoms with Crippen LogP contribution in [0.4, 0.5) is 8.78 Å². The fourth-order valence-electron chi connectivity index (χ4n) is 3.41. The first-order valence-electron chi connectivity index (χ1n) is 9.20. The number of amides is 1. The maximum atomic E-state index is 14.7. The van der Waals surface area contributed by atoms with Crippen molar-refractivity contribution < 1.29 is 23.1 Å². The van der Waals surface area contributed by atoms with Crippen molar-refractivity contribution in [3.8, 4) is 0 Å². The predicted molar refractivity (Wildman–Crippen MR) is 97.8 cm³/mol. The number of aromatic nitrogens is 2. The molecule has 1 aromatic heterocycles. The van der Waals surface area contributed by atoms with Gasteiger partial charge in [0, 0.05) is 30.1 Å². The van der Waals surface area contributed by atoms with Crippen LogP contribution in [0.25, 0.3) is 0 Å². The molecule has 0 fully saturated rings. The minimum atomic E-state index is -3.18. The fourth-order valence-corrected chi connectivity index (χ4v) is 3.41. The molecule has 8 heteroatoms. The second kappa shape index (κ2) is 7.69. The minimum Gasteiger partial charge on any atom is -0.447 e. The summed E-state index contributed by atoms with van der Waals surface area (Å²) < 4.78 is 36.2. The molecule has 0 bridgehead atoms. The van der Waals surface area contributed by atoms with Crippen LogP contribution in [0, 0.1) is 12.8 Å². The van der Waals surface area contributed by atoms with Gasteiger partial charge in [-0.1, -0.05) is 25.1 Å². The van der Waals surface area contributed by atoms with Crippen molar-refractivity contribution in [1.29, 1.82) is 0 Å². The second-order valence-corrected chi connectivity index (χ2v) is 7.17. The topological polar surface area (TPSA) is 87.2 Å². The average Bonchev–Trinajstić information content (AvgIpc) is 2.98. The standard InChI is InChI=1S/C20H23F2N3O3/c1-12(18(23)26)9-11-25-15-8-10-20(21,22)17(16(15)13(2)24-25)28-19(27)14-6-4-3-5-7-14/h3-7,12,17H,8-11H2,1-2H3,(H2,23,26)/t12?,17-/m0/s1. The lowest BCUT2D eigenvalue weighted by atomic mass is 9.89. The van der Waals surface area contributed by atoms with E-state index in [1.54, 1.807) is 36.7 Å². The van der Waals surface area contributed by atoms with Crippen molar-refractivity contribution in [1.82, 2.24) is 9.78 Å². The number of nitrogens with zero attached hydrogens (tertiary/aromatic N) is 2. The summed E-state index contributed by atoms with van der Waals surface area (Å²) in [5.41, 5.74) is 6.77. The largest absolute Gasteiger partial charge is 0.447 e. The van der Waals surface area contributed by atoms with Gasteiger partial charge in [0.1, 0.15) is 0 Å². The first-order valence-corrected chi connectivity index (χ1v) is 9.20. The van der Waals surface area contributed by atoms with Gasteiger partial charge in [-0.3, -0.25) is 9.48 Å². The number of carbonyl (C=O) groups is 2. The summed E-state index contributed by atoms with van der Waals surface area (Å²) in [6.07, 6.45) is -1.56. The van der Waals surface area contributed by atoms with E-state index in [1.807, 2.05) is 0 Å². The highest BCUT2D eigenvalue weighted by atomic mass is 19.3. The van der Waals surface area contributed by atoms with Gasteiger partial charge >= 0.3 is 5.97 Å². The first kappa shape index (κ1) is 20.0. The predicted octanol–water partition coefficient (Wildman–Crippen LogP) is 3.18. The van der Waals surface area contributed by atoms with Gasteiger partial charge in [-0.25, -0.2) is 13.6 Å². The van der Waals surface area contributed by atoms with Crippen molar-refractivity contribution in [3.05, 3.63) is 52.8 Å². The summed E-state index contributed by atoms with van der Waals surface area (Å²) in [5, 5.41) is 4.36. The lowest BCUT2D eigenvalue weighted by molar-refractivity contribution is -0.128. The molecule has 0 saturated heterocycles. The van der Waals surface area contributed by atoms with Gasteiger partial charge in [0.15, 0.2) is 6.10 Å². The van der Waals surface area contributed by atoms with E-state index in [4.69, 9.17) is 10.5 Å². The number of hydrogen-bond donors (Lipinski definition) is 1. The van der Waals surface area contributed by atoms with Crippen molar-refractivity contribution >= 4 is 11.9 Å². The number of ether oxygens (including phenoxy) is 1. The SMILES string of the molecule is Cc1nn(CCC(C)C(N)=O)c2c1[C@H](OC(=O)c1ccccc1)C(F)(F)CC2. The van der Waals surface area contributed by atoms with E-state index in [9.17, 15) is 18.4 Å². The highest BCUT2D eigenvalue weighted by Gasteiger charge is 2.49. The molecule has 28 heavy (non-hydrogen) atoms. The number of alkyl halides is 2. The Morgan fingerprint density at radius 1 is 1.36 bits per heavy atom. The van der Waals surface area contributed by atoms with Crippen LogP contribution >= 0.6 is 0 Å². The van der Waals surface area contributed by atoms with Crippen molar-refractivity contribution in [2.75, 3.05) is 0 Å². The van der Waals surface area contributed by atoms with Crippen LogP contribution in [-0.4, -0.2) is 27.6 Å². The van der Waals surface area contributed by atoms with E-state index in [0.717, 1.165) is 0 Å². The maximum Gasteiger partial charge on any atom is 0.338 e. The normalized spacial score (nSPS) is 18.9. The van der Waals surface area contributed by atoms with Crippen molar-refractivity contribution in [3.63, 3.8) is 0 Å². The fraction of sp³-hybridized carbons (Fsp3) is 0.450. The molecule has 2 atom stereocenters. The number of aryl methyl sites for hydroxylation is 2. The molecule has 2 aromatic rings. The van der Waals surface area contributed by atoms with Gasteiger partial charge in [-0.15, -0.1) is 0 Å². The number of primary amides is 1. The Kier molecular flexibility index (Phi) is 5.49. The average molecular weight is 391 g/mol. The molecular weight excluding hydrogens is 368 g/mol. The summed E-state index contributed by atoms with van der Waals surface area (Å²) in [4.78, 5) is 23.6. The number of benzene rings is 1. The van der Waals surface area contributed by atoms with Crippen LogP contribution in [0.1, 0.15) is 53.2 Å². The van der Waals surface area contributed by atoms with E-state index in [-0.39, 0.29) is 23.5 Å². The van der Waals surface area contributed by atoms with E-state index >= 15 is 0 Å². The summed E-state index contributed by atoms with van der Waals surface area (Å²) in [7, 11) is 0. The minimum absolute atomic E-state index is 0.119. The van der Waals surface area contributed by atoms with Gasteiger partial charge in [0.25, 0.3) is 5.92 Å². The lowest BCUT2D eigenvalue weighted by Gasteiger charge is -2.31. The molecule has 2 N–H and O–H groups in total. The van der Waals surface area contributed by atoms with Crippen LogP contribution in [0.15, 0.2) is 30.3 Å². The number of carbonyl (C=O) groups excluding carboxylic acids is 2. The van der Waals surface area contributed by atoms with Crippen molar-refractivity contribution in [2.24, 2.45) is 11.7 Å². The van der Waals surface area contributed by atoms with Crippen LogP contribution in [0.2, 0.25) is 0 Å². The smallest absolute Gasteiger partial charge is 0.338 e. The molecule has 1 amide bonds. The summed E-state index contributed by atoms with van der Waals surface area (Å²) in [6.45, 7) is 3.71. The zero-order valence-electron chi connectivity index (χ0n) is 15.8. The molecule has 3 rings (SSSR count). The third-order valence-electron chi connectivity index (χ3n) is 5.12. The Hall–Kier alpha value is -2.77. The molecule has 1 aliphatic rings. The van der Waals surface area contributed by atoms with Gasteiger partial charge in [-0.05, 0) is 31.9 Å². The molecule has 0 spiro atoms.